The molecule has 0 amide bonds. The van der Waals surface area contributed by atoms with Gasteiger partial charge < -0.3 is 4.74 Å². The van der Waals surface area contributed by atoms with E-state index in [0.29, 0.717) is 6.10 Å². The minimum atomic E-state index is 0.337. The third kappa shape index (κ3) is 1.16. The lowest BCUT2D eigenvalue weighted by Crippen LogP contribution is -2.05. The molecule has 1 atom stereocenters. The maximum Gasteiger partial charge on any atom is 0.124 e. The number of ether oxygens (including phenoxy) is 1. The minimum absolute atomic E-state index is 0.337. The molecule has 1 aliphatic heterocycles. The summed E-state index contributed by atoms with van der Waals surface area (Å²) >= 11 is 3.49. The van der Waals surface area contributed by atoms with Gasteiger partial charge in [0.15, 0.2) is 0 Å². The van der Waals surface area contributed by atoms with Crippen LogP contribution in [0.5, 0.6) is 5.75 Å². The van der Waals surface area contributed by atoms with Gasteiger partial charge in [0, 0.05) is 16.5 Å². The Bertz CT molecular complexity index is 283. The summed E-state index contributed by atoms with van der Waals surface area (Å²) in [7, 11) is 0. The smallest absolute Gasteiger partial charge is 0.124 e. The first-order valence-corrected chi connectivity index (χ1v) is 4.50. The molecule has 2 heteroatoms. The fourth-order valence-electron chi connectivity index (χ4n) is 1.39. The normalized spacial score (nSPS) is 21.1. The molecule has 11 heavy (non-hydrogen) atoms. The van der Waals surface area contributed by atoms with Crippen molar-refractivity contribution in [1.29, 1.82) is 0 Å². The summed E-state index contributed by atoms with van der Waals surface area (Å²) in [6, 6.07) is 6.07. The van der Waals surface area contributed by atoms with Gasteiger partial charge in [-0.1, -0.05) is 22.0 Å². The molecule has 1 aromatic rings. The maximum absolute atomic E-state index is 5.56. The van der Waals surface area contributed by atoms with E-state index in [1.165, 1.54) is 10.0 Å². The Morgan fingerprint density at radius 1 is 1.55 bits per heavy atom. The largest absolute Gasteiger partial charge is 0.490 e. The molecule has 0 N–H and O–H groups in total. The van der Waals surface area contributed by atoms with E-state index in [4.69, 9.17) is 4.74 Å². The second-order valence-electron chi connectivity index (χ2n) is 2.85. The molecule has 1 aliphatic rings. The van der Waals surface area contributed by atoms with Gasteiger partial charge in [0.1, 0.15) is 11.9 Å². The molecule has 0 saturated heterocycles. The average Bonchev–Trinajstić information content (AvgIpc) is 2.31. The minimum Gasteiger partial charge on any atom is -0.490 e. The first-order chi connectivity index (χ1) is 5.27. The summed E-state index contributed by atoms with van der Waals surface area (Å²) in [6.45, 7) is 2.09. The second-order valence-corrected chi connectivity index (χ2v) is 3.70. The van der Waals surface area contributed by atoms with E-state index in [-0.39, 0.29) is 0 Å². The number of benzene rings is 1. The fraction of sp³-hybridized carbons (Fsp3) is 0.333. The SMILES string of the molecule is CC1Cc2c(Br)cccc2O1. The van der Waals surface area contributed by atoms with Gasteiger partial charge in [-0.3, -0.25) is 0 Å². The Morgan fingerprint density at radius 3 is 3.09 bits per heavy atom. The van der Waals surface area contributed by atoms with E-state index >= 15 is 0 Å². The summed E-state index contributed by atoms with van der Waals surface area (Å²) in [4.78, 5) is 0. The van der Waals surface area contributed by atoms with Crippen molar-refractivity contribution in [2.24, 2.45) is 0 Å². The van der Waals surface area contributed by atoms with Crippen molar-refractivity contribution in [2.45, 2.75) is 19.4 Å². The zero-order chi connectivity index (χ0) is 7.84. The standard InChI is InChI=1S/C9H9BrO/c1-6-5-7-8(10)3-2-4-9(7)11-6/h2-4,6H,5H2,1H3. The zero-order valence-electron chi connectivity index (χ0n) is 6.30. The number of halogens is 1. The van der Waals surface area contributed by atoms with Crippen LogP contribution in [0, 0.1) is 0 Å². The lowest BCUT2D eigenvalue weighted by Gasteiger charge is -2.01. The van der Waals surface area contributed by atoms with Crippen LogP contribution in [0.1, 0.15) is 12.5 Å². The summed E-state index contributed by atoms with van der Waals surface area (Å²) in [5, 5.41) is 0. The van der Waals surface area contributed by atoms with Crippen molar-refractivity contribution in [1.82, 2.24) is 0 Å². The third-order valence-corrected chi connectivity index (χ3v) is 2.64. The summed E-state index contributed by atoms with van der Waals surface area (Å²) in [5.41, 5.74) is 1.31. The number of fused-ring (bicyclic) bond motifs is 1. The summed E-state index contributed by atoms with van der Waals surface area (Å²) in [6.07, 6.45) is 1.36. The summed E-state index contributed by atoms with van der Waals surface area (Å²) < 4.78 is 6.72. The Balaban J connectivity index is 2.49. The topological polar surface area (TPSA) is 9.23 Å². The lowest BCUT2D eigenvalue weighted by molar-refractivity contribution is 0.254. The lowest BCUT2D eigenvalue weighted by atomic mass is 10.1. The highest BCUT2D eigenvalue weighted by Crippen LogP contribution is 2.33. The Hall–Kier alpha value is -0.500. The van der Waals surface area contributed by atoms with Crippen molar-refractivity contribution >= 4 is 15.9 Å². The van der Waals surface area contributed by atoms with E-state index in [9.17, 15) is 0 Å². The Labute approximate surface area is 74.5 Å². The molecule has 2 rings (SSSR count). The van der Waals surface area contributed by atoms with Gasteiger partial charge in [-0.2, -0.15) is 0 Å². The molecular formula is C9H9BrO. The number of hydrogen-bond acceptors (Lipinski definition) is 1. The third-order valence-electron chi connectivity index (χ3n) is 1.90. The number of rotatable bonds is 0. The molecule has 0 bridgehead atoms. The van der Waals surface area contributed by atoms with Crippen LogP contribution < -0.4 is 4.74 Å². The molecule has 1 heterocycles. The van der Waals surface area contributed by atoms with Gasteiger partial charge in [0.05, 0.1) is 0 Å². The monoisotopic (exact) mass is 212 g/mol. The summed E-state index contributed by atoms with van der Waals surface area (Å²) in [5.74, 6) is 1.03. The average molecular weight is 213 g/mol. The van der Waals surface area contributed by atoms with Crippen LogP contribution in [0.4, 0.5) is 0 Å². The zero-order valence-corrected chi connectivity index (χ0v) is 7.89. The highest BCUT2D eigenvalue weighted by atomic mass is 79.9. The van der Waals surface area contributed by atoms with Crippen LogP contribution in [-0.4, -0.2) is 6.10 Å². The molecule has 0 radical (unpaired) electrons. The van der Waals surface area contributed by atoms with E-state index in [0.717, 1.165) is 12.2 Å². The highest BCUT2D eigenvalue weighted by molar-refractivity contribution is 9.10. The van der Waals surface area contributed by atoms with E-state index in [2.05, 4.69) is 28.9 Å². The predicted molar refractivity (Wildman–Crippen MR) is 47.9 cm³/mol. The molecule has 0 saturated carbocycles. The van der Waals surface area contributed by atoms with Crippen LogP contribution in [-0.2, 0) is 6.42 Å². The van der Waals surface area contributed by atoms with Crippen LogP contribution in [0.25, 0.3) is 0 Å². The molecule has 1 nitrogen and oxygen atoms in total. The van der Waals surface area contributed by atoms with Crippen molar-refractivity contribution in [2.75, 3.05) is 0 Å². The molecule has 0 fully saturated rings. The van der Waals surface area contributed by atoms with Crippen LogP contribution in [0.15, 0.2) is 22.7 Å². The Morgan fingerprint density at radius 2 is 2.36 bits per heavy atom. The van der Waals surface area contributed by atoms with Gasteiger partial charge in [-0.05, 0) is 19.1 Å². The first-order valence-electron chi connectivity index (χ1n) is 3.71. The molecule has 1 unspecified atom stereocenters. The molecular weight excluding hydrogens is 204 g/mol. The molecule has 0 spiro atoms. The van der Waals surface area contributed by atoms with Crippen molar-refractivity contribution in [3.63, 3.8) is 0 Å². The predicted octanol–water partition coefficient (Wildman–Crippen LogP) is 2.77. The Kier molecular flexibility index (Phi) is 1.64. The van der Waals surface area contributed by atoms with Crippen molar-refractivity contribution in [3.05, 3.63) is 28.2 Å². The van der Waals surface area contributed by atoms with Crippen LogP contribution in [0.2, 0.25) is 0 Å². The van der Waals surface area contributed by atoms with Crippen LogP contribution >= 0.6 is 15.9 Å². The quantitative estimate of drug-likeness (QED) is 0.643. The first kappa shape index (κ1) is 7.17. The van der Waals surface area contributed by atoms with Gasteiger partial charge >= 0.3 is 0 Å². The second kappa shape index (κ2) is 2.52. The van der Waals surface area contributed by atoms with Gasteiger partial charge in [0.25, 0.3) is 0 Å². The van der Waals surface area contributed by atoms with Gasteiger partial charge in [-0.25, -0.2) is 0 Å². The van der Waals surface area contributed by atoms with Gasteiger partial charge in [0.2, 0.25) is 0 Å². The highest BCUT2D eigenvalue weighted by Gasteiger charge is 2.20. The van der Waals surface area contributed by atoms with Crippen molar-refractivity contribution in [3.8, 4) is 5.75 Å². The molecule has 1 aromatic carbocycles. The van der Waals surface area contributed by atoms with E-state index < -0.39 is 0 Å². The molecule has 0 aromatic heterocycles. The van der Waals surface area contributed by atoms with E-state index in [1.54, 1.807) is 0 Å². The molecule has 0 aliphatic carbocycles. The maximum atomic E-state index is 5.56. The fourth-order valence-corrected chi connectivity index (χ4v) is 1.90. The van der Waals surface area contributed by atoms with E-state index in [1.807, 2.05) is 12.1 Å². The van der Waals surface area contributed by atoms with Gasteiger partial charge in [-0.15, -0.1) is 0 Å². The van der Waals surface area contributed by atoms with Crippen molar-refractivity contribution < 1.29 is 4.74 Å². The molecule has 58 valence electrons. The number of hydrogen-bond donors (Lipinski definition) is 0. The van der Waals surface area contributed by atoms with Crippen LogP contribution in [0.3, 0.4) is 0 Å².